The van der Waals surface area contributed by atoms with Gasteiger partial charge in [0.2, 0.25) is 0 Å². The van der Waals surface area contributed by atoms with Crippen molar-refractivity contribution in [3.8, 4) is 0 Å². The topological polar surface area (TPSA) is 97.0 Å². The normalized spacial score (nSPS) is 17.1. The molecule has 0 bridgehead atoms. The molecule has 1 amide bonds. The minimum atomic E-state index is -0.283. The number of fused-ring (bicyclic) bond motifs is 2. The number of pyridine rings is 1. The van der Waals surface area contributed by atoms with Crippen molar-refractivity contribution in [3.05, 3.63) is 45.5 Å². The van der Waals surface area contributed by atoms with Crippen molar-refractivity contribution in [1.29, 1.82) is 0 Å². The summed E-state index contributed by atoms with van der Waals surface area (Å²) in [6.45, 7) is 0.951. The molecular weight excluding hydrogens is 322 g/mol. The Bertz CT molecular complexity index is 1060. The number of nitrogens with zero attached hydrogens (tertiary/aromatic N) is 4. The van der Waals surface area contributed by atoms with Gasteiger partial charge < -0.3 is 9.32 Å². The number of nitrogens with one attached hydrogen (secondary N) is 1. The zero-order valence-electron chi connectivity index (χ0n) is 13.8. The number of carbonyl (C=O) groups is 1. The summed E-state index contributed by atoms with van der Waals surface area (Å²) in [6, 6.07) is 1.80. The quantitative estimate of drug-likeness (QED) is 0.759. The van der Waals surface area contributed by atoms with Crippen LogP contribution in [-0.2, 0) is 20.0 Å². The number of aryl methyl sites for hydroxylation is 1. The van der Waals surface area contributed by atoms with Crippen molar-refractivity contribution >= 4 is 16.9 Å². The number of hydrogen-bond donors (Lipinski definition) is 1. The number of oxazole rings is 1. The predicted octanol–water partition coefficient (Wildman–Crippen LogP) is 1.33. The lowest BCUT2D eigenvalue weighted by Gasteiger charge is -2.25. The lowest BCUT2D eigenvalue weighted by molar-refractivity contribution is 0.0729. The van der Waals surface area contributed by atoms with E-state index in [9.17, 15) is 9.59 Å². The molecule has 3 aromatic heterocycles. The van der Waals surface area contributed by atoms with Gasteiger partial charge in [0.25, 0.3) is 11.5 Å². The van der Waals surface area contributed by atoms with Gasteiger partial charge in [-0.1, -0.05) is 0 Å². The number of H-pyrrole nitrogens is 1. The molecule has 0 unspecified atom stereocenters. The average Bonchev–Trinajstić information content (AvgIpc) is 3.29. The Hall–Kier alpha value is -2.90. The fourth-order valence-corrected chi connectivity index (χ4v) is 3.50. The van der Waals surface area contributed by atoms with E-state index in [1.807, 2.05) is 0 Å². The summed E-state index contributed by atoms with van der Waals surface area (Å²) in [4.78, 5) is 36.0. The van der Waals surface area contributed by atoms with Gasteiger partial charge in [0.1, 0.15) is 11.5 Å². The van der Waals surface area contributed by atoms with Crippen molar-refractivity contribution in [2.24, 2.45) is 7.05 Å². The van der Waals surface area contributed by atoms with E-state index < -0.39 is 0 Å². The van der Waals surface area contributed by atoms with E-state index in [4.69, 9.17) is 4.42 Å². The van der Waals surface area contributed by atoms with Gasteiger partial charge in [-0.05, 0) is 18.9 Å². The standard InChI is InChI=1S/C17H17N5O3/c1-21-15-14(16(23)20-21)10(6-11(19-15)9-2-3-9)17(24)22-5-4-13-12(7-22)18-8-25-13/h6,8-9H,2-5,7H2,1H3,(H,20,23). The first kappa shape index (κ1) is 14.4. The molecule has 3 aromatic rings. The molecule has 0 aromatic carbocycles. The highest BCUT2D eigenvalue weighted by Crippen LogP contribution is 2.40. The molecule has 1 N–H and O–H groups in total. The number of aromatic amines is 1. The van der Waals surface area contributed by atoms with Crippen molar-refractivity contribution in [1.82, 2.24) is 24.6 Å². The van der Waals surface area contributed by atoms with Crippen LogP contribution in [0.5, 0.6) is 0 Å². The highest BCUT2D eigenvalue weighted by atomic mass is 16.3. The number of amides is 1. The van der Waals surface area contributed by atoms with Gasteiger partial charge in [0, 0.05) is 31.6 Å². The summed E-state index contributed by atoms with van der Waals surface area (Å²) in [5.74, 6) is 1.07. The van der Waals surface area contributed by atoms with Crippen LogP contribution in [-0.4, -0.2) is 37.1 Å². The molecule has 128 valence electrons. The lowest BCUT2D eigenvalue weighted by Crippen LogP contribution is -2.36. The average molecular weight is 339 g/mol. The maximum absolute atomic E-state index is 13.2. The van der Waals surface area contributed by atoms with Gasteiger partial charge >= 0.3 is 0 Å². The van der Waals surface area contributed by atoms with Gasteiger partial charge in [0.15, 0.2) is 12.0 Å². The van der Waals surface area contributed by atoms with E-state index >= 15 is 0 Å². The minimum Gasteiger partial charge on any atom is -0.448 e. The second-order valence-electron chi connectivity index (χ2n) is 6.77. The molecule has 1 fully saturated rings. The van der Waals surface area contributed by atoms with Crippen LogP contribution >= 0.6 is 0 Å². The molecule has 1 saturated carbocycles. The first-order chi connectivity index (χ1) is 12.1. The fraction of sp³-hybridized carbons (Fsp3) is 0.412. The Morgan fingerprint density at radius 2 is 2.24 bits per heavy atom. The second-order valence-corrected chi connectivity index (χ2v) is 6.77. The molecule has 1 aliphatic heterocycles. The largest absolute Gasteiger partial charge is 0.448 e. The van der Waals surface area contributed by atoms with Crippen molar-refractivity contribution in [3.63, 3.8) is 0 Å². The molecule has 8 nitrogen and oxygen atoms in total. The van der Waals surface area contributed by atoms with Gasteiger partial charge in [-0.3, -0.25) is 19.4 Å². The monoisotopic (exact) mass is 339 g/mol. The lowest BCUT2D eigenvalue weighted by atomic mass is 10.1. The third-order valence-corrected chi connectivity index (χ3v) is 5.02. The Morgan fingerprint density at radius 1 is 1.40 bits per heavy atom. The fourth-order valence-electron chi connectivity index (χ4n) is 3.50. The van der Waals surface area contributed by atoms with Gasteiger partial charge in [-0.2, -0.15) is 0 Å². The molecule has 2 aliphatic rings. The van der Waals surface area contributed by atoms with E-state index in [0.29, 0.717) is 42.0 Å². The van der Waals surface area contributed by atoms with Crippen LogP contribution in [0.25, 0.3) is 11.0 Å². The molecule has 4 heterocycles. The van der Waals surface area contributed by atoms with Gasteiger partial charge in [-0.15, -0.1) is 0 Å². The summed E-state index contributed by atoms with van der Waals surface area (Å²) in [7, 11) is 1.74. The third-order valence-electron chi connectivity index (χ3n) is 5.02. The Morgan fingerprint density at radius 3 is 3.04 bits per heavy atom. The number of carbonyl (C=O) groups excluding carboxylic acids is 1. The molecule has 8 heteroatoms. The van der Waals surface area contributed by atoms with E-state index in [2.05, 4.69) is 15.1 Å². The van der Waals surface area contributed by atoms with Crippen LogP contribution < -0.4 is 5.56 Å². The van der Waals surface area contributed by atoms with Crippen LogP contribution in [0.15, 0.2) is 21.7 Å². The van der Waals surface area contributed by atoms with E-state index in [1.54, 1.807) is 22.7 Å². The molecular formula is C17H17N5O3. The molecule has 25 heavy (non-hydrogen) atoms. The Kier molecular flexibility index (Phi) is 2.92. The van der Waals surface area contributed by atoms with Crippen LogP contribution in [0.4, 0.5) is 0 Å². The van der Waals surface area contributed by atoms with Crippen LogP contribution in [0.3, 0.4) is 0 Å². The van der Waals surface area contributed by atoms with E-state index in [0.717, 1.165) is 30.0 Å². The SMILES string of the molecule is Cn1[nH]c(=O)c2c(C(=O)N3CCc4ocnc4C3)cc(C3CC3)nc21. The Balaban J connectivity index is 1.62. The highest BCUT2D eigenvalue weighted by molar-refractivity contribution is 6.05. The van der Waals surface area contributed by atoms with Gasteiger partial charge in [0.05, 0.1) is 17.5 Å². The van der Waals surface area contributed by atoms with Crippen LogP contribution in [0, 0.1) is 0 Å². The number of rotatable bonds is 2. The van der Waals surface area contributed by atoms with Crippen LogP contribution in [0.2, 0.25) is 0 Å². The summed E-state index contributed by atoms with van der Waals surface area (Å²) in [6.07, 6.45) is 4.21. The highest BCUT2D eigenvalue weighted by Gasteiger charge is 2.31. The van der Waals surface area contributed by atoms with Crippen LogP contribution in [0.1, 0.15) is 46.3 Å². The smallest absolute Gasteiger partial charge is 0.274 e. The zero-order chi connectivity index (χ0) is 17.1. The van der Waals surface area contributed by atoms with E-state index in [-0.39, 0.29) is 11.5 Å². The number of aromatic nitrogens is 4. The summed E-state index contributed by atoms with van der Waals surface area (Å²) < 4.78 is 6.91. The maximum Gasteiger partial charge on any atom is 0.274 e. The minimum absolute atomic E-state index is 0.153. The van der Waals surface area contributed by atoms with E-state index in [1.165, 1.54) is 6.39 Å². The molecule has 0 saturated heterocycles. The first-order valence-corrected chi connectivity index (χ1v) is 8.42. The number of hydrogen-bond acceptors (Lipinski definition) is 5. The first-order valence-electron chi connectivity index (χ1n) is 8.42. The molecule has 0 atom stereocenters. The summed E-state index contributed by atoms with van der Waals surface area (Å²) >= 11 is 0. The molecule has 0 radical (unpaired) electrons. The van der Waals surface area contributed by atoms with Gasteiger partial charge in [-0.25, -0.2) is 9.97 Å². The van der Waals surface area contributed by atoms with Crippen molar-refractivity contribution in [2.75, 3.05) is 6.54 Å². The maximum atomic E-state index is 13.2. The third kappa shape index (κ3) is 2.20. The summed E-state index contributed by atoms with van der Waals surface area (Å²) in [5, 5.41) is 3.08. The second kappa shape index (κ2) is 5.05. The zero-order valence-corrected chi connectivity index (χ0v) is 13.8. The molecule has 5 rings (SSSR count). The summed E-state index contributed by atoms with van der Waals surface area (Å²) in [5.41, 5.74) is 2.37. The van der Waals surface area contributed by atoms with Crippen molar-refractivity contribution in [2.45, 2.75) is 31.7 Å². The predicted molar refractivity (Wildman–Crippen MR) is 88.3 cm³/mol. The van der Waals surface area contributed by atoms with Crippen molar-refractivity contribution < 1.29 is 9.21 Å². The Labute approximate surface area is 142 Å². The molecule has 1 aliphatic carbocycles. The molecule has 0 spiro atoms.